The molecule has 1 heterocycles. The van der Waals surface area contributed by atoms with Crippen molar-refractivity contribution >= 4 is 13.3 Å². The van der Waals surface area contributed by atoms with Crippen LogP contribution in [0.5, 0.6) is 0 Å². The summed E-state index contributed by atoms with van der Waals surface area (Å²) in [5, 5.41) is 1.76. The third-order valence-electron chi connectivity index (χ3n) is 6.40. The van der Waals surface area contributed by atoms with Crippen molar-refractivity contribution in [1.82, 2.24) is 0 Å². The molecule has 1 aromatic rings. The Morgan fingerprint density at radius 3 is 1.96 bits per heavy atom. The van der Waals surface area contributed by atoms with Crippen LogP contribution in [0.4, 0.5) is 0 Å². The zero-order valence-electron chi connectivity index (χ0n) is 18.2. The van der Waals surface area contributed by atoms with Crippen molar-refractivity contribution in [1.29, 1.82) is 0 Å². The molecule has 2 aliphatic rings. The van der Waals surface area contributed by atoms with Crippen LogP contribution in [0.15, 0.2) is 34.9 Å². The molecule has 1 aliphatic heterocycles. The van der Waals surface area contributed by atoms with Gasteiger partial charge in [0.1, 0.15) is 0 Å². The smallest absolute Gasteiger partial charge is 1.00 e. The Morgan fingerprint density at radius 1 is 1.11 bits per heavy atom. The largest absolute Gasteiger partial charge is 4.00 e. The van der Waals surface area contributed by atoms with Crippen LogP contribution in [0, 0.1) is 18.4 Å². The number of hydrogen-bond donors (Lipinski definition) is 0. The van der Waals surface area contributed by atoms with Crippen LogP contribution in [-0.4, -0.2) is 8.07 Å². The quantitative estimate of drug-likeness (QED) is 0.358. The number of aryl methyl sites for hydroxylation is 1. The van der Waals surface area contributed by atoms with E-state index in [4.69, 9.17) is 0 Å². The van der Waals surface area contributed by atoms with E-state index in [1.807, 2.05) is 0 Å². The van der Waals surface area contributed by atoms with E-state index in [0.717, 1.165) is 0 Å². The fourth-order valence-corrected chi connectivity index (χ4v) is 8.67. The first-order valence-electron chi connectivity index (χ1n) is 9.76. The summed E-state index contributed by atoms with van der Waals surface area (Å²) < 4.78 is 0. The van der Waals surface area contributed by atoms with Gasteiger partial charge >= 0.3 is 25.8 Å². The molecular formula is C23H36Cl2HfSi. The second kappa shape index (κ2) is 12.3. The standard InChI is InChI=1S/C13H21Si.C10H15.2ClH.Hf/c1-3-4-8-14(9-5-10-14)13-7-6-12(2)11-13;1-7-6-10(4,5)9(3)8(7)2;;;/h6-7,11H,3-5,8-10H2,1-2H3;1-5H3;2*1H;/q2*-1;;;+4/p-2. The summed E-state index contributed by atoms with van der Waals surface area (Å²) in [5.74, 6) is 0. The minimum Gasteiger partial charge on any atom is -1.00 e. The van der Waals surface area contributed by atoms with E-state index >= 15 is 0 Å². The molecule has 150 valence electrons. The van der Waals surface area contributed by atoms with E-state index in [-0.39, 0.29) is 56.1 Å². The summed E-state index contributed by atoms with van der Waals surface area (Å²) >= 11 is 0. The molecular weight excluding hydrogens is 554 g/mol. The van der Waals surface area contributed by atoms with Crippen LogP contribution < -0.4 is 30.0 Å². The van der Waals surface area contributed by atoms with E-state index in [1.165, 1.54) is 41.5 Å². The fourth-order valence-electron chi connectivity index (χ4n) is 4.10. The molecule has 0 spiro atoms. The van der Waals surface area contributed by atoms with Crippen LogP contribution in [0.25, 0.3) is 0 Å². The number of unbranched alkanes of at least 4 members (excludes halogenated alkanes) is 1. The van der Waals surface area contributed by atoms with Crippen molar-refractivity contribution in [3.63, 3.8) is 0 Å². The summed E-state index contributed by atoms with van der Waals surface area (Å²) in [5.41, 5.74) is 5.86. The van der Waals surface area contributed by atoms with Gasteiger partial charge in [-0.2, -0.15) is 28.5 Å². The van der Waals surface area contributed by atoms with E-state index in [2.05, 4.69) is 72.7 Å². The van der Waals surface area contributed by atoms with E-state index in [0.29, 0.717) is 0 Å². The van der Waals surface area contributed by atoms with Gasteiger partial charge in [0, 0.05) is 8.07 Å². The van der Waals surface area contributed by atoms with Crippen molar-refractivity contribution in [3.8, 4) is 0 Å². The molecule has 1 saturated heterocycles. The molecule has 1 aliphatic carbocycles. The Hall–Kier alpha value is 0.497. The van der Waals surface area contributed by atoms with E-state index < -0.39 is 8.07 Å². The minimum absolute atomic E-state index is 0. The van der Waals surface area contributed by atoms with Gasteiger partial charge in [0.2, 0.25) is 0 Å². The van der Waals surface area contributed by atoms with Crippen molar-refractivity contribution in [2.24, 2.45) is 5.41 Å². The number of hydrogen-bond acceptors (Lipinski definition) is 0. The Morgan fingerprint density at radius 2 is 1.70 bits per heavy atom. The second-order valence-electron chi connectivity index (χ2n) is 8.54. The van der Waals surface area contributed by atoms with Gasteiger partial charge in [0.25, 0.3) is 0 Å². The van der Waals surface area contributed by atoms with Crippen molar-refractivity contribution in [2.75, 3.05) is 0 Å². The molecule has 1 fully saturated rings. The SMILES string of the molecule is CC1=[C-]C(C)(C)C(C)=C1C.CCCC[Si]1([c-]2ccc(C)c2)CCC1.[Cl-].[Cl-].[Hf+4]. The maximum absolute atomic E-state index is 3.44. The first-order valence-corrected chi connectivity index (χ1v) is 12.4. The Kier molecular flexibility index (Phi) is 13.5. The molecule has 4 heteroatoms. The van der Waals surface area contributed by atoms with Crippen molar-refractivity contribution in [3.05, 3.63) is 46.6 Å². The van der Waals surface area contributed by atoms with Gasteiger partial charge in [-0.1, -0.05) is 84.4 Å². The summed E-state index contributed by atoms with van der Waals surface area (Å²) in [6.45, 7) is 15.5. The molecule has 3 rings (SSSR count). The zero-order chi connectivity index (χ0) is 18.0. The van der Waals surface area contributed by atoms with Gasteiger partial charge in [-0.25, -0.2) is 17.2 Å². The first-order chi connectivity index (χ1) is 11.2. The minimum atomic E-state index is -0.919. The molecule has 0 aromatic heterocycles. The van der Waals surface area contributed by atoms with Gasteiger partial charge in [0.15, 0.2) is 0 Å². The Labute approximate surface area is 200 Å². The average Bonchev–Trinajstić information content (AvgIpc) is 2.98. The Balaban J connectivity index is 0. The van der Waals surface area contributed by atoms with Gasteiger partial charge in [-0.3, -0.25) is 6.08 Å². The summed E-state index contributed by atoms with van der Waals surface area (Å²) in [4.78, 5) is 0. The normalized spacial score (nSPS) is 18.7. The first kappa shape index (κ1) is 29.7. The number of rotatable bonds is 4. The topological polar surface area (TPSA) is 0 Å². The van der Waals surface area contributed by atoms with Gasteiger partial charge < -0.3 is 24.8 Å². The summed E-state index contributed by atoms with van der Waals surface area (Å²) in [7, 11) is -0.919. The number of allylic oxidation sites excluding steroid dienone is 4. The molecule has 27 heavy (non-hydrogen) atoms. The third-order valence-corrected chi connectivity index (χ3v) is 11.9. The van der Waals surface area contributed by atoms with Crippen LogP contribution in [-0.2, 0) is 25.8 Å². The zero-order valence-corrected chi connectivity index (χ0v) is 24.3. The molecule has 0 unspecified atom stereocenters. The predicted octanol–water partition coefficient (Wildman–Crippen LogP) is 0.691. The fraction of sp³-hybridized carbons (Fsp3) is 0.609. The molecule has 0 bridgehead atoms. The third kappa shape index (κ3) is 7.05. The van der Waals surface area contributed by atoms with Crippen molar-refractivity contribution in [2.45, 2.75) is 85.9 Å². The maximum atomic E-state index is 3.44. The second-order valence-corrected chi connectivity index (χ2v) is 13.2. The summed E-state index contributed by atoms with van der Waals surface area (Å²) in [6.07, 6.45) is 7.76. The van der Waals surface area contributed by atoms with Gasteiger partial charge in [0.05, 0.1) is 0 Å². The molecule has 0 atom stereocenters. The molecule has 1 aromatic carbocycles. The monoisotopic (exact) mass is 590 g/mol. The van der Waals surface area contributed by atoms with Gasteiger partial charge in [-0.15, -0.1) is 6.92 Å². The molecule has 0 radical (unpaired) electrons. The van der Waals surface area contributed by atoms with Gasteiger partial charge in [-0.05, 0) is 0 Å². The maximum Gasteiger partial charge on any atom is 4.00 e. The van der Waals surface area contributed by atoms with Crippen LogP contribution in [0.3, 0.4) is 0 Å². The van der Waals surface area contributed by atoms with Crippen LogP contribution in [0.1, 0.15) is 66.4 Å². The Bertz CT molecular complexity index is 637. The predicted molar refractivity (Wildman–Crippen MR) is 111 cm³/mol. The van der Waals surface area contributed by atoms with Crippen LogP contribution in [0.2, 0.25) is 18.1 Å². The average molecular weight is 590 g/mol. The van der Waals surface area contributed by atoms with E-state index in [1.54, 1.807) is 23.3 Å². The van der Waals surface area contributed by atoms with Crippen molar-refractivity contribution < 1.29 is 50.7 Å². The number of halogens is 2. The summed E-state index contributed by atoms with van der Waals surface area (Å²) in [6, 6.07) is 11.9. The molecule has 0 N–H and O–H groups in total. The van der Waals surface area contributed by atoms with Crippen LogP contribution >= 0.6 is 0 Å². The molecule has 0 amide bonds. The molecule has 0 nitrogen and oxygen atoms in total. The van der Waals surface area contributed by atoms with E-state index in [9.17, 15) is 0 Å². The molecule has 0 saturated carbocycles.